The fourth-order valence-electron chi connectivity index (χ4n) is 3.85. The van der Waals surface area contributed by atoms with Crippen LogP contribution >= 0.6 is 0 Å². The molecule has 0 spiro atoms. The van der Waals surface area contributed by atoms with Crippen molar-refractivity contribution in [3.8, 4) is 0 Å². The molecule has 0 rings (SSSR count). The lowest BCUT2D eigenvalue weighted by atomic mass is 9.91. The second kappa shape index (κ2) is 17.5. The van der Waals surface area contributed by atoms with Gasteiger partial charge < -0.3 is 15.4 Å². The van der Waals surface area contributed by atoms with Crippen LogP contribution in [-0.2, 0) is 19.1 Å². The Morgan fingerprint density at radius 1 is 0.413 bits per heavy atom. The lowest BCUT2D eigenvalue weighted by Crippen LogP contribution is -2.70. The van der Waals surface area contributed by atoms with Gasteiger partial charge in [0, 0.05) is 31.3 Å². The number of rotatable bonds is 22. The highest BCUT2D eigenvalue weighted by Gasteiger charge is 2.92. The molecule has 0 fully saturated rings. The average Bonchev–Trinajstić information content (AvgIpc) is 3.08. The number of hydrogen-bond acceptors (Lipinski definition) is 4. The van der Waals surface area contributed by atoms with Crippen LogP contribution in [0.3, 0.4) is 0 Å². The maximum absolute atomic E-state index is 14.3. The zero-order chi connectivity index (χ0) is 51.3. The minimum absolute atomic E-state index is 0.706. The molecular weight excluding hydrogens is 986 g/mol. The van der Waals surface area contributed by atoms with E-state index in [0.717, 1.165) is 10.6 Å². The Morgan fingerprint density at radius 3 is 0.873 bits per heavy atom. The summed E-state index contributed by atoms with van der Waals surface area (Å²) in [7, 11) is 0. The molecule has 372 valence electrons. The second-order valence-electron chi connectivity index (χ2n) is 12.6. The highest BCUT2D eigenvalue weighted by Crippen LogP contribution is 2.62. The molecule has 0 heterocycles. The van der Waals surface area contributed by atoms with Crippen LogP contribution in [0.2, 0.25) is 0 Å². The van der Waals surface area contributed by atoms with Crippen molar-refractivity contribution < 1.29 is 151 Å². The van der Waals surface area contributed by atoms with Crippen molar-refractivity contribution in [2.45, 2.75) is 122 Å². The lowest BCUT2D eigenvalue weighted by Gasteiger charge is -2.40. The molecule has 6 nitrogen and oxygen atoms in total. The van der Waals surface area contributed by atoms with E-state index in [1.165, 1.54) is 0 Å². The SMILES string of the molecule is C=C(C)C(=O)OC(CNC(=O)C(F)(F)CCC(F)(F)C(F)(F)C(F)(F)C(F)(F)C(F)(F)C(F)(F)F)CNC(=O)C(F)(F)CCC(F)(F)C(F)(F)C(F)(F)C(F)(F)C(F)(F)C(F)(F)F. The summed E-state index contributed by atoms with van der Waals surface area (Å²) in [6.45, 7) is -0.224. The molecule has 0 aromatic rings. The van der Waals surface area contributed by atoms with Crippen molar-refractivity contribution in [1.29, 1.82) is 0 Å². The van der Waals surface area contributed by atoms with Gasteiger partial charge in [-0.1, -0.05) is 6.58 Å². The third kappa shape index (κ3) is 10.8. The number of carbonyl (C=O) groups is 3. The van der Waals surface area contributed by atoms with Crippen LogP contribution in [0.4, 0.5) is 132 Å². The van der Waals surface area contributed by atoms with Crippen LogP contribution in [-0.4, -0.2) is 120 Å². The van der Waals surface area contributed by atoms with Gasteiger partial charge >= 0.3 is 89.4 Å². The molecule has 0 unspecified atom stereocenters. The summed E-state index contributed by atoms with van der Waals surface area (Å²) in [5.74, 6) is -100. The van der Waals surface area contributed by atoms with E-state index in [0.29, 0.717) is 6.92 Å². The number of ether oxygens (including phenoxy) is 1. The van der Waals surface area contributed by atoms with Gasteiger partial charge in [-0.05, 0) is 6.92 Å². The van der Waals surface area contributed by atoms with Crippen LogP contribution in [0.25, 0.3) is 0 Å². The highest BCUT2D eigenvalue weighted by atomic mass is 19.4. The van der Waals surface area contributed by atoms with Crippen LogP contribution in [0.5, 0.6) is 0 Å². The van der Waals surface area contributed by atoms with E-state index in [4.69, 9.17) is 0 Å². The molecule has 0 saturated heterocycles. The zero-order valence-corrected chi connectivity index (χ0v) is 29.5. The van der Waals surface area contributed by atoms with E-state index in [9.17, 15) is 146 Å². The predicted octanol–water partition coefficient (Wildman–Crippen LogP) is 10.0. The number of nitrogens with one attached hydrogen (secondary N) is 2. The third-order valence-corrected chi connectivity index (χ3v) is 7.77. The zero-order valence-electron chi connectivity index (χ0n) is 29.5. The molecule has 0 bridgehead atoms. The Bertz CT molecular complexity index is 1560. The predicted molar refractivity (Wildman–Crippen MR) is 141 cm³/mol. The minimum Gasteiger partial charge on any atom is -0.455 e. The third-order valence-electron chi connectivity index (χ3n) is 7.77. The molecule has 2 amide bonds. The van der Waals surface area contributed by atoms with Gasteiger partial charge in [0.05, 0.1) is 13.1 Å². The topological polar surface area (TPSA) is 84.5 Å². The van der Waals surface area contributed by atoms with Crippen molar-refractivity contribution in [2.75, 3.05) is 13.1 Å². The van der Waals surface area contributed by atoms with Gasteiger partial charge in [0.2, 0.25) is 0 Å². The van der Waals surface area contributed by atoms with Gasteiger partial charge in [0.1, 0.15) is 6.10 Å². The van der Waals surface area contributed by atoms with Crippen molar-refractivity contribution in [3.05, 3.63) is 12.2 Å². The molecule has 0 radical (unpaired) electrons. The Balaban J connectivity index is 6.16. The van der Waals surface area contributed by atoms with E-state index >= 15 is 0 Å². The first kappa shape index (κ1) is 59.1. The van der Waals surface area contributed by atoms with Gasteiger partial charge in [-0.3, -0.25) is 9.59 Å². The standard InChI is InChI=1S/C27H20F30N2O4/c1-9(2)11(60)63-10(7-58-12(61)14(28,29)3-5-16(32,33)18(36,37)20(40,41)22(44,45)24(48,49)26(52,53)54)8-59-13(62)15(30,31)4-6-17(34,35)19(38,39)21(42,43)23(46,47)25(50,51)27(55,56)57/h10H,1,3-8H2,2H3,(H,58,61)(H,59,62). The number of alkyl halides is 30. The molecule has 0 aromatic carbocycles. The molecule has 63 heavy (non-hydrogen) atoms. The monoisotopic (exact) mass is 1010 g/mol. The van der Waals surface area contributed by atoms with Gasteiger partial charge in [-0.15, -0.1) is 0 Å². The summed E-state index contributed by atoms with van der Waals surface area (Å²) in [6.07, 6.45) is -32.1. The van der Waals surface area contributed by atoms with Crippen LogP contribution in [0, 0.1) is 0 Å². The molecule has 0 aliphatic heterocycles. The minimum atomic E-state index is -8.44. The van der Waals surface area contributed by atoms with Crippen molar-refractivity contribution in [3.63, 3.8) is 0 Å². The fourth-order valence-corrected chi connectivity index (χ4v) is 3.85. The second-order valence-corrected chi connectivity index (χ2v) is 12.6. The van der Waals surface area contributed by atoms with E-state index in [2.05, 4.69) is 11.3 Å². The van der Waals surface area contributed by atoms with Crippen LogP contribution < -0.4 is 10.6 Å². The number of halogens is 30. The fraction of sp³-hybridized carbons (Fsp3) is 0.815. The maximum atomic E-state index is 14.3. The normalized spacial score (nSPS) is 15.4. The largest absolute Gasteiger partial charge is 0.460 e. The van der Waals surface area contributed by atoms with Crippen molar-refractivity contribution >= 4 is 17.8 Å². The lowest BCUT2D eigenvalue weighted by molar-refractivity contribution is -0.440. The van der Waals surface area contributed by atoms with Gasteiger partial charge in [0.25, 0.3) is 11.8 Å². The number of esters is 1. The molecule has 0 atom stereocenters. The summed E-state index contributed by atoms with van der Waals surface area (Å²) in [5.41, 5.74) is -0.787. The first-order valence-electron chi connectivity index (χ1n) is 15.3. The summed E-state index contributed by atoms with van der Waals surface area (Å²) in [5, 5.41) is 1.61. The smallest absolute Gasteiger partial charge is 0.455 e. The van der Waals surface area contributed by atoms with Crippen molar-refractivity contribution in [2.24, 2.45) is 0 Å². The number of hydrogen-bond donors (Lipinski definition) is 2. The Labute approximate surface area is 327 Å². The van der Waals surface area contributed by atoms with Gasteiger partial charge in [-0.25, -0.2) is 4.79 Å². The quantitative estimate of drug-likeness (QED) is 0.0643. The average molecular weight is 1010 g/mol. The van der Waals surface area contributed by atoms with E-state index in [1.807, 2.05) is 0 Å². The van der Waals surface area contributed by atoms with E-state index < -0.39 is 152 Å². The van der Waals surface area contributed by atoms with Crippen LogP contribution in [0.15, 0.2) is 12.2 Å². The van der Waals surface area contributed by atoms with E-state index in [1.54, 1.807) is 0 Å². The van der Waals surface area contributed by atoms with Gasteiger partial charge in [-0.2, -0.15) is 132 Å². The molecular formula is C27H20F30N2O4. The first-order chi connectivity index (χ1) is 27.2. The summed E-state index contributed by atoms with van der Waals surface area (Å²) >= 11 is 0. The molecule has 0 aliphatic rings. The molecule has 36 heteroatoms. The van der Waals surface area contributed by atoms with E-state index in [-0.39, 0.29) is 0 Å². The summed E-state index contributed by atoms with van der Waals surface area (Å²) in [6, 6.07) is 0. The highest BCUT2D eigenvalue weighted by molar-refractivity contribution is 5.87. The summed E-state index contributed by atoms with van der Waals surface area (Å²) in [4.78, 5) is 35.5. The molecule has 0 aromatic heterocycles. The number of carbonyl (C=O) groups excluding carboxylic acids is 3. The van der Waals surface area contributed by atoms with Crippen LogP contribution in [0.1, 0.15) is 32.6 Å². The molecule has 0 aliphatic carbocycles. The number of amides is 2. The molecule has 2 N–H and O–H groups in total. The maximum Gasteiger partial charge on any atom is 0.460 e. The Kier molecular flexibility index (Phi) is 16.4. The van der Waals surface area contributed by atoms with Gasteiger partial charge in [0.15, 0.2) is 0 Å². The summed E-state index contributed by atoms with van der Waals surface area (Å²) < 4.78 is 405. The molecule has 0 saturated carbocycles. The Morgan fingerprint density at radius 2 is 0.651 bits per heavy atom. The van der Waals surface area contributed by atoms with Crippen molar-refractivity contribution in [1.82, 2.24) is 10.6 Å². The first-order valence-corrected chi connectivity index (χ1v) is 15.3. The Hall–Kier alpha value is -3.95.